The van der Waals surface area contributed by atoms with Crippen molar-refractivity contribution in [2.24, 2.45) is 0 Å². The van der Waals surface area contributed by atoms with E-state index >= 15 is 0 Å². The molecule has 0 aliphatic rings. The molecule has 180 valence electrons. The molecule has 33 heavy (non-hydrogen) atoms. The third-order valence-corrected chi connectivity index (χ3v) is 8.88. The van der Waals surface area contributed by atoms with Crippen LogP contribution < -0.4 is 14.2 Å². The molecule has 0 saturated carbocycles. The normalized spacial score (nSPS) is 12.7. The van der Waals surface area contributed by atoms with Gasteiger partial charge in [0, 0.05) is 24.4 Å². The van der Waals surface area contributed by atoms with Crippen molar-refractivity contribution in [1.29, 1.82) is 0 Å². The van der Waals surface area contributed by atoms with Gasteiger partial charge in [0.15, 0.2) is 9.84 Å². The summed E-state index contributed by atoms with van der Waals surface area (Å²) in [7, 11) is -4.47. The van der Waals surface area contributed by atoms with Gasteiger partial charge in [-0.05, 0) is 27.2 Å². The SMILES string of the molecule is CCCS(=O)(=O)Nc1cc(OC)cc(-c2cnc3cc(OC)c(S(=O)(=O)C(C)(C)C)cn23)n1. The minimum absolute atomic E-state index is 0.0102. The second-order valence-electron chi connectivity index (χ2n) is 8.39. The highest BCUT2D eigenvalue weighted by Crippen LogP contribution is 2.35. The molecule has 0 aliphatic heterocycles. The van der Waals surface area contributed by atoms with Gasteiger partial charge in [0.05, 0.1) is 42.3 Å². The Hall–Kier alpha value is -2.86. The predicted molar refractivity (Wildman–Crippen MR) is 126 cm³/mol. The molecule has 10 nitrogen and oxygen atoms in total. The lowest BCUT2D eigenvalue weighted by atomic mass is 10.2. The van der Waals surface area contributed by atoms with Gasteiger partial charge in [-0.15, -0.1) is 0 Å². The van der Waals surface area contributed by atoms with Gasteiger partial charge in [0.1, 0.15) is 27.9 Å². The van der Waals surface area contributed by atoms with Crippen LogP contribution in [0.2, 0.25) is 0 Å². The third kappa shape index (κ3) is 4.91. The van der Waals surface area contributed by atoms with Crippen molar-refractivity contribution >= 4 is 31.3 Å². The van der Waals surface area contributed by atoms with Crippen molar-refractivity contribution in [1.82, 2.24) is 14.4 Å². The molecule has 3 aromatic heterocycles. The molecule has 0 fully saturated rings. The fraction of sp³-hybridized carbons (Fsp3) is 0.429. The molecular formula is C21H28N4O6S2. The van der Waals surface area contributed by atoms with E-state index in [1.807, 2.05) is 0 Å². The highest BCUT2D eigenvalue weighted by molar-refractivity contribution is 7.93. The molecule has 12 heteroatoms. The van der Waals surface area contributed by atoms with Crippen LogP contribution in [0.3, 0.4) is 0 Å². The van der Waals surface area contributed by atoms with Gasteiger partial charge < -0.3 is 9.47 Å². The summed E-state index contributed by atoms with van der Waals surface area (Å²) in [6, 6.07) is 4.62. The highest BCUT2D eigenvalue weighted by atomic mass is 32.2. The van der Waals surface area contributed by atoms with E-state index in [-0.39, 0.29) is 22.2 Å². The first-order valence-electron chi connectivity index (χ1n) is 10.2. The zero-order valence-corrected chi connectivity index (χ0v) is 21.0. The first-order valence-corrected chi connectivity index (χ1v) is 13.3. The summed E-state index contributed by atoms with van der Waals surface area (Å²) in [5, 5.41) is 0. The van der Waals surface area contributed by atoms with Gasteiger partial charge in [-0.1, -0.05) is 6.92 Å². The van der Waals surface area contributed by atoms with E-state index in [0.717, 1.165) is 0 Å². The van der Waals surface area contributed by atoms with Crippen LogP contribution in [0.1, 0.15) is 34.1 Å². The summed E-state index contributed by atoms with van der Waals surface area (Å²) in [6.07, 6.45) is 3.42. The Morgan fingerprint density at radius 3 is 2.33 bits per heavy atom. The van der Waals surface area contributed by atoms with Gasteiger partial charge in [-0.3, -0.25) is 9.12 Å². The first-order chi connectivity index (χ1) is 15.3. The number of anilines is 1. The monoisotopic (exact) mass is 496 g/mol. The van der Waals surface area contributed by atoms with Crippen molar-refractivity contribution in [3.63, 3.8) is 0 Å². The van der Waals surface area contributed by atoms with E-state index in [1.165, 1.54) is 38.7 Å². The molecule has 3 rings (SSSR count). The average molecular weight is 497 g/mol. The number of fused-ring (bicyclic) bond motifs is 1. The molecule has 0 unspecified atom stereocenters. The van der Waals surface area contributed by atoms with Crippen LogP contribution in [0.5, 0.6) is 11.5 Å². The van der Waals surface area contributed by atoms with Crippen molar-refractivity contribution in [2.75, 3.05) is 24.7 Å². The molecule has 3 aromatic rings. The zero-order chi connectivity index (χ0) is 24.6. The Labute approximate surface area is 193 Å². The lowest BCUT2D eigenvalue weighted by Gasteiger charge is -2.21. The molecule has 0 amide bonds. The molecule has 0 atom stereocenters. The largest absolute Gasteiger partial charge is 0.497 e. The Kier molecular flexibility index (Phi) is 6.62. The quantitative estimate of drug-likeness (QED) is 0.504. The van der Waals surface area contributed by atoms with Gasteiger partial charge in [0.25, 0.3) is 0 Å². The topological polar surface area (TPSA) is 129 Å². The van der Waals surface area contributed by atoms with Crippen LogP contribution >= 0.6 is 0 Å². The number of hydrogen-bond acceptors (Lipinski definition) is 8. The van der Waals surface area contributed by atoms with E-state index in [1.54, 1.807) is 38.2 Å². The van der Waals surface area contributed by atoms with Crippen LogP contribution in [0.15, 0.2) is 35.5 Å². The molecule has 0 aromatic carbocycles. The van der Waals surface area contributed by atoms with Crippen molar-refractivity contribution in [2.45, 2.75) is 43.8 Å². The fourth-order valence-corrected chi connectivity index (χ4v) is 5.53. The first kappa shape index (κ1) is 24.8. The van der Waals surface area contributed by atoms with Gasteiger partial charge >= 0.3 is 0 Å². The van der Waals surface area contributed by atoms with E-state index in [4.69, 9.17) is 9.47 Å². The molecule has 3 heterocycles. The molecule has 0 radical (unpaired) electrons. The van der Waals surface area contributed by atoms with E-state index < -0.39 is 24.6 Å². The minimum atomic E-state index is -3.75. The number of methoxy groups -OCH3 is 2. The highest BCUT2D eigenvalue weighted by Gasteiger charge is 2.34. The number of hydrogen-bond donors (Lipinski definition) is 1. The summed E-state index contributed by atoms with van der Waals surface area (Å²) in [4.78, 5) is 8.77. The number of sulfonamides is 1. The van der Waals surface area contributed by atoms with E-state index in [9.17, 15) is 16.8 Å². The summed E-state index contributed by atoms with van der Waals surface area (Å²) in [5.41, 5.74) is 1.24. The number of pyridine rings is 2. The molecule has 0 saturated heterocycles. The van der Waals surface area contributed by atoms with Crippen LogP contribution in [-0.2, 0) is 19.9 Å². The lowest BCUT2D eigenvalue weighted by molar-refractivity contribution is 0.401. The van der Waals surface area contributed by atoms with Crippen LogP contribution in [0.25, 0.3) is 17.0 Å². The third-order valence-electron chi connectivity index (χ3n) is 4.92. The average Bonchev–Trinajstić information content (AvgIpc) is 3.14. The van der Waals surface area contributed by atoms with E-state index in [2.05, 4.69) is 14.7 Å². The molecule has 0 bridgehead atoms. The summed E-state index contributed by atoms with van der Waals surface area (Å²) in [5.74, 6) is 0.593. The number of rotatable bonds is 8. The van der Waals surface area contributed by atoms with E-state index in [0.29, 0.717) is 29.2 Å². The summed E-state index contributed by atoms with van der Waals surface area (Å²) >= 11 is 0. The van der Waals surface area contributed by atoms with Crippen molar-refractivity contribution in [3.05, 3.63) is 30.6 Å². The smallest absolute Gasteiger partial charge is 0.233 e. The summed E-state index contributed by atoms with van der Waals surface area (Å²) in [6.45, 7) is 6.59. The summed E-state index contributed by atoms with van der Waals surface area (Å²) < 4.78 is 64.5. The maximum Gasteiger partial charge on any atom is 0.233 e. The second-order valence-corrected chi connectivity index (χ2v) is 12.9. The maximum absolute atomic E-state index is 13.2. The number of ether oxygens (including phenoxy) is 2. The van der Waals surface area contributed by atoms with Crippen molar-refractivity contribution in [3.8, 4) is 22.9 Å². The van der Waals surface area contributed by atoms with Crippen molar-refractivity contribution < 1.29 is 26.3 Å². The lowest BCUT2D eigenvalue weighted by Crippen LogP contribution is -2.28. The van der Waals surface area contributed by atoms with Gasteiger partial charge in [0.2, 0.25) is 10.0 Å². The van der Waals surface area contributed by atoms with Gasteiger partial charge in [-0.25, -0.2) is 26.8 Å². The molecule has 1 N–H and O–H groups in total. The van der Waals surface area contributed by atoms with Crippen LogP contribution in [-0.4, -0.2) is 55.9 Å². The van der Waals surface area contributed by atoms with Crippen LogP contribution in [0, 0.1) is 0 Å². The molecule has 0 spiro atoms. The Bertz CT molecular complexity index is 1390. The Morgan fingerprint density at radius 2 is 1.76 bits per heavy atom. The Morgan fingerprint density at radius 1 is 1.06 bits per heavy atom. The number of imidazole rings is 1. The molecule has 0 aliphatic carbocycles. The second kappa shape index (κ2) is 8.82. The predicted octanol–water partition coefficient (Wildman–Crippen LogP) is 3.14. The number of sulfone groups is 1. The minimum Gasteiger partial charge on any atom is -0.497 e. The maximum atomic E-state index is 13.2. The molecular weight excluding hydrogens is 468 g/mol. The van der Waals surface area contributed by atoms with Gasteiger partial charge in [-0.2, -0.15) is 0 Å². The number of aromatic nitrogens is 3. The fourth-order valence-electron chi connectivity index (χ4n) is 3.15. The Balaban J connectivity index is 2.22. The zero-order valence-electron chi connectivity index (χ0n) is 19.4. The number of nitrogens with one attached hydrogen (secondary N) is 1. The standard InChI is InChI=1S/C21H28N4O6S2/c1-7-8-32(26,27)24-19-10-14(30-5)9-15(23-19)16-12-22-20-11-17(31-6)18(13-25(16)20)33(28,29)21(2,3)4/h9-13H,7-8H2,1-6H3,(H,23,24). The number of nitrogens with zero attached hydrogens (tertiary/aromatic N) is 3. The van der Waals surface area contributed by atoms with Crippen LogP contribution in [0.4, 0.5) is 5.82 Å².